The zero-order valence-corrected chi connectivity index (χ0v) is 10.8. The van der Waals surface area contributed by atoms with Gasteiger partial charge in [-0.3, -0.25) is 0 Å². The van der Waals surface area contributed by atoms with E-state index in [1.807, 2.05) is 24.4 Å². The molecule has 0 saturated carbocycles. The van der Waals surface area contributed by atoms with Gasteiger partial charge in [0.2, 0.25) is 0 Å². The molecule has 2 amide bonds. The Kier molecular flexibility index (Phi) is 3.78. The third-order valence-corrected chi connectivity index (χ3v) is 3.23. The van der Waals surface area contributed by atoms with Crippen molar-refractivity contribution >= 4 is 28.7 Å². The van der Waals surface area contributed by atoms with Crippen molar-refractivity contribution in [1.82, 2.24) is 4.98 Å². The monoisotopic (exact) mass is 262 g/mol. The van der Waals surface area contributed by atoms with Crippen LogP contribution in [0.25, 0.3) is 0 Å². The van der Waals surface area contributed by atoms with Crippen LogP contribution in [0.4, 0.5) is 16.2 Å². The van der Waals surface area contributed by atoms with E-state index in [2.05, 4.69) is 15.6 Å². The highest BCUT2D eigenvalue weighted by Gasteiger charge is 1.99. The van der Waals surface area contributed by atoms with E-state index in [-0.39, 0.29) is 0 Å². The first-order valence-electron chi connectivity index (χ1n) is 5.45. The summed E-state index contributed by atoms with van der Waals surface area (Å²) in [5.41, 5.74) is 7.72. The first kappa shape index (κ1) is 12.4. The smallest absolute Gasteiger partial charge is 0.316 e. The van der Waals surface area contributed by atoms with Gasteiger partial charge < -0.3 is 16.4 Å². The number of hydrogen-bond donors (Lipinski definition) is 3. The lowest BCUT2D eigenvalue weighted by molar-refractivity contribution is 0.259. The van der Waals surface area contributed by atoms with Crippen LogP contribution in [0.3, 0.4) is 0 Å². The molecule has 4 N–H and O–H groups in total. The van der Waals surface area contributed by atoms with Crippen molar-refractivity contribution in [3.63, 3.8) is 0 Å². The SMILES string of the molecule is Cc1csc(CNc2ccc(NC(N)=O)cc2)n1. The Hall–Kier alpha value is -2.08. The summed E-state index contributed by atoms with van der Waals surface area (Å²) >= 11 is 1.63. The zero-order valence-electron chi connectivity index (χ0n) is 9.93. The van der Waals surface area contributed by atoms with Gasteiger partial charge in [-0.1, -0.05) is 0 Å². The van der Waals surface area contributed by atoms with E-state index in [0.717, 1.165) is 16.4 Å². The van der Waals surface area contributed by atoms with Gasteiger partial charge in [0.15, 0.2) is 0 Å². The summed E-state index contributed by atoms with van der Waals surface area (Å²) in [6, 6.07) is 6.78. The van der Waals surface area contributed by atoms with E-state index in [9.17, 15) is 4.79 Å². The van der Waals surface area contributed by atoms with Crippen molar-refractivity contribution in [2.75, 3.05) is 10.6 Å². The largest absolute Gasteiger partial charge is 0.379 e. The molecule has 1 heterocycles. The second-order valence-corrected chi connectivity index (χ2v) is 4.75. The maximum absolute atomic E-state index is 10.7. The van der Waals surface area contributed by atoms with Crippen LogP contribution in [0.1, 0.15) is 10.7 Å². The molecular formula is C12H14N4OS. The highest BCUT2D eigenvalue weighted by Crippen LogP contribution is 2.15. The molecule has 18 heavy (non-hydrogen) atoms. The molecule has 1 aromatic carbocycles. The molecule has 0 aliphatic carbocycles. The van der Waals surface area contributed by atoms with Gasteiger partial charge >= 0.3 is 6.03 Å². The molecular weight excluding hydrogens is 248 g/mol. The minimum Gasteiger partial charge on any atom is -0.379 e. The molecule has 1 aromatic heterocycles. The summed E-state index contributed by atoms with van der Waals surface area (Å²) in [5, 5.41) is 8.84. The topological polar surface area (TPSA) is 80.0 Å². The normalized spacial score (nSPS) is 10.1. The number of anilines is 2. The number of primary amides is 1. The fourth-order valence-electron chi connectivity index (χ4n) is 1.48. The lowest BCUT2D eigenvalue weighted by Crippen LogP contribution is -2.19. The number of urea groups is 1. The van der Waals surface area contributed by atoms with Crippen LogP contribution in [0, 0.1) is 6.92 Å². The first-order valence-corrected chi connectivity index (χ1v) is 6.33. The molecule has 94 valence electrons. The van der Waals surface area contributed by atoms with Crippen LogP contribution in [0.2, 0.25) is 0 Å². The first-order chi connectivity index (χ1) is 8.63. The van der Waals surface area contributed by atoms with Crippen LogP contribution < -0.4 is 16.4 Å². The van der Waals surface area contributed by atoms with Gasteiger partial charge in [-0.25, -0.2) is 9.78 Å². The Labute approximate surface area is 109 Å². The maximum atomic E-state index is 10.7. The van der Waals surface area contributed by atoms with E-state index in [4.69, 9.17) is 5.73 Å². The molecule has 0 spiro atoms. The molecule has 0 atom stereocenters. The molecule has 0 radical (unpaired) electrons. The standard InChI is InChI=1S/C12H14N4OS/c1-8-7-18-11(15-8)6-14-9-2-4-10(5-3-9)16-12(13)17/h2-5,7,14H,6H2,1H3,(H3,13,16,17). The summed E-state index contributed by atoms with van der Waals surface area (Å²) in [4.78, 5) is 15.0. The molecule has 0 aliphatic rings. The molecule has 0 unspecified atom stereocenters. The van der Waals surface area contributed by atoms with Gasteiger partial charge in [0.05, 0.1) is 6.54 Å². The van der Waals surface area contributed by atoms with Crippen molar-refractivity contribution in [2.45, 2.75) is 13.5 Å². The van der Waals surface area contributed by atoms with Crippen molar-refractivity contribution in [2.24, 2.45) is 5.73 Å². The van der Waals surface area contributed by atoms with Crippen molar-refractivity contribution < 1.29 is 4.79 Å². The molecule has 2 aromatic rings. The molecule has 2 rings (SSSR count). The lowest BCUT2D eigenvalue weighted by atomic mass is 10.3. The Morgan fingerprint density at radius 3 is 2.56 bits per heavy atom. The number of rotatable bonds is 4. The molecule has 0 fully saturated rings. The molecule has 0 bridgehead atoms. The van der Waals surface area contributed by atoms with E-state index < -0.39 is 6.03 Å². The number of benzene rings is 1. The summed E-state index contributed by atoms with van der Waals surface area (Å²) in [6.07, 6.45) is 0. The van der Waals surface area contributed by atoms with Crippen molar-refractivity contribution in [3.8, 4) is 0 Å². The quantitative estimate of drug-likeness (QED) is 0.792. The van der Waals surface area contributed by atoms with Crippen molar-refractivity contribution in [1.29, 1.82) is 0 Å². The summed E-state index contributed by atoms with van der Waals surface area (Å²) in [5.74, 6) is 0. The van der Waals surface area contributed by atoms with Crippen molar-refractivity contribution in [3.05, 3.63) is 40.3 Å². The predicted molar refractivity (Wildman–Crippen MR) is 73.8 cm³/mol. The van der Waals surface area contributed by atoms with Crippen LogP contribution in [-0.2, 0) is 6.54 Å². The third kappa shape index (κ3) is 3.46. The minimum atomic E-state index is -0.561. The van der Waals surface area contributed by atoms with Gasteiger partial charge in [0.1, 0.15) is 5.01 Å². The number of hydrogen-bond acceptors (Lipinski definition) is 4. The third-order valence-electron chi connectivity index (χ3n) is 2.26. The summed E-state index contributed by atoms with van der Waals surface area (Å²) in [7, 11) is 0. The van der Waals surface area contributed by atoms with Crippen LogP contribution in [0.15, 0.2) is 29.6 Å². The number of thiazole rings is 1. The predicted octanol–water partition coefficient (Wildman–Crippen LogP) is 2.55. The van der Waals surface area contributed by atoms with E-state index in [1.165, 1.54) is 0 Å². The van der Waals surface area contributed by atoms with Gasteiger partial charge in [0, 0.05) is 22.4 Å². The number of amides is 2. The van der Waals surface area contributed by atoms with E-state index in [0.29, 0.717) is 12.2 Å². The minimum absolute atomic E-state index is 0.561. The maximum Gasteiger partial charge on any atom is 0.316 e. The highest BCUT2D eigenvalue weighted by molar-refractivity contribution is 7.09. The fraction of sp³-hybridized carbons (Fsp3) is 0.167. The Morgan fingerprint density at radius 1 is 1.33 bits per heavy atom. The number of nitrogens with one attached hydrogen (secondary N) is 2. The second-order valence-electron chi connectivity index (χ2n) is 3.80. The van der Waals surface area contributed by atoms with Crippen LogP contribution in [0.5, 0.6) is 0 Å². The van der Waals surface area contributed by atoms with Gasteiger partial charge in [-0.05, 0) is 31.2 Å². The zero-order chi connectivity index (χ0) is 13.0. The number of aromatic nitrogens is 1. The number of nitrogens with two attached hydrogens (primary N) is 1. The Balaban J connectivity index is 1.92. The Morgan fingerprint density at radius 2 is 2.00 bits per heavy atom. The van der Waals surface area contributed by atoms with Crippen LogP contribution >= 0.6 is 11.3 Å². The van der Waals surface area contributed by atoms with E-state index in [1.54, 1.807) is 23.5 Å². The molecule has 6 heteroatoms. The average molecular weight is 262 g/mol. The van der Waals surface area contributed by atoms with Crippen LogP contribution in [-0.4, -0.2) is 11.0 Å². The highest BCUT2D eigenvalue weighted by atomic mass is 32.1. The molecule has 0 aliphatic heterocycles. The van der Waals surface area contributed by atoms with Gasteiger partial charge in [-0.15, -0.1) is 11.3 Å². The lowest BCUT2D eigenvalue weighted by Gasteiger charge is -2.06. The Bertz CT molecular complexity index is 535. The van der Waals surface area contributed by atoms with Gasteiger partial charge in [0.25, 0.3) is 0 Å². The number of nitrogens with zero attached hydrogens (tertiary/aromatic N) is 1. The second kappa shape index (κ2) is 5.50. The number of carbonyl (C=O) groups is 1. The average Bonchev–Trinajstić information content (AvgIpc) is 2.74. The molecule has 5 nitrogen and oxygen atoms in total. The summed E-state index contributed by atoms with van der Waals surface area (Å²) in [6.45, 7) is 2.67. The number of aryl methyl sites for hydroxylation is 1. The fourth-order valence-corrected chi connectivity index (χ4v) is 2.19. The van der Waals surface area contributed by atoms with Gasteiger partial charge in [-0.2, -0.15) is 0 Å². The summed E-state index contributed by atoms with van der Waals surface area (Å²) < 4.78 is 0. The molecule has 0 saturated heterocycles. The number of carbonyl (C=O) groups excluding carboxylic acids is 1. The van der Waals surface area contributed by atoms with E-state index >= 15 is 0 Å².